The van der Waals surface area contributed by atoms with E-state index in [-0.39, 0.29) is 29.0 Å². The van der Waals surface area contributed by atoms with Crippen molar-refractivity contribution in [3.63, 3.8) is 0 Å². The fourth-order valence-corrected chi connectivity index (χ4v) is 4.14. The molecule has 1 aromatic heterocycles. The van der Waals surface area contributed by atoms with Gasteiger partial charge in [0.05, 0.1) is 23.3 Å². The molecule has 1 aromatic carbocycles. The van der Waals surface area contributed by atoms with Gasteiger partial charge in [0.1, 0.15) is 11.6 Å². The summed E-state index contributed by atoms with van der Waals surface area (Å²) in [6.45, 7) is 1.67. The first-order valence-corrected chi connectivity index (χ1v) is 10.1. The summed E-state index contributed by atoms with van der Waals surface area (Å²) in [5.74, 6) is -3.70. The number of nitrogens with one attached hydrogen (secondary N) is 3. The number of halogens is 2. The van der Waals surface area contributed by atoms with Crippen LogP contribution in [0.1, 0.15) is 30.0 Å². The fraction of sp³-hybridized carbons (Fsp3) is 0.353. The number of hydrogen-bond donors (Lipinski definition) is 4. The molecule has 0 bridgehead atoms. The number of anilines is 2. The maximum Gasteiger partial charge on any atom is 0.300 e. The lowest BCUT2D eigenvalue weighted by molar-refractivity contribution is -0.186. The van der Waals surface area contributed by atoms with Gasteiger partial charge in [0.25, 0.3) is 5.91 Å². The van der Waals surface area contributed by atoms with Gasteiger partial charge >= 0.3 is 0 Å². The number of aromatic nitrogens is 1. The largest absolute Gasteiger partial charge is 0.347 e. The van der Waals surface area contributed by atoms with E-state index in [4.69, 9.17) is 4.74 Å². The molecule has 11 heteroatoms. The van der Waals surface area contributed by atoms with Crippen molar-refractivity contribution in [2.75, 3.05) is 22.9 Å². The SMILES string of the molecule is CCCS(=O)(=O)Nc1ccc(F)c(Cc2c[nH]c3c2C(O)(OC)N=CN3)c1F. The van der Waals surface area contributed by atoms with Gasteiger partial charge in [-0.3, -0.25) is 4.72 Å². The summed E-state index contributed by atoms with van der Waals surface area (Å²) in [5.41, 5.74) is -0.178. The fourth-order valence-electron chi connectivity index (χ4n) is 3.01. The third-order valence-electron chi connectivity index (χ3n) is 4.31. The zero-order valence-corrected chi connectivity index (χ0v) is 16.0. The van der Waals surface area contributed by atoms with E-state index in [0.29, 0.717) is 17.8 Å². The number of aliphatic imine (C=N–C) groups is 1. The molecule has 0 fully saturated rings. The van der Waals surface area contributed by atoms with Gasteiger partial charge < -0.3 is 20.1 Å². The number of rotatable bonds is 7. The maximum atomic E-state index is 14.9. The summed E-state index contributed by atoms with van der Waals surface area (Å²) in [7, 11) is -2.50. The number of nitrogens with zero attached hydrogens (tertiary/aromatic N) is 1. The molecule has 1 atom stereocenters. The normalized spacial score (nSPS) is 18.6. The van der Waals surface area contributed by atoms with Gasteiger partial charge in [0.15, 0.2) is 5.82 Å². The molecule has 1 aliphatic rings. The second-order valence-electron chi connectivity index (χ2n) is 6.26. The number of aliphatic hydroxyl groups is 1. The van der Waals surface area contributed by atoms with Crippen LogP contribution in [0.3, 0.4) is 0 Å². The smallest absolute Gasteiger partial charge is 0.300 e. The Kier molecular flexibility index (Phi) is 5.41. The Morgan fingerprint density at radius 2 is 2.11 bits per heavy atom. The minimum Gasteiger partial charge on any atom is -0.347 e. The summed E-state index contributed by atoms with van der Waals surface area (Å²) in [4.78, 5) is 6.67. The molecule has 1 aliphatic heterocycles. The Bertz CT molecular complexity index is 1020. The van der Waals surface area contributed by atoms with Crippen molar-refractivity contribution in [3.05, 3.63) is 46.7 Å². The van der Waals surface area contributed by atoms with Crippen LogP contribution in [-0.2, 0) is 27.1 Å². The summed E-state index contributed by atoms with van der Waals surface area (Å²) in [5, 5.41) is 13.3. The number of hydrogen-bond acceptors (Lipinski definition) is 6. The molecule has 0 saturated carbocycles. The number of H-pyrrole nitrogens is 1. The molecule has 152 valence electrons. The molecule has 2 heterocycles. The highest BCUT2D eigenvalue weighted by atomic mass is 32.2. The Morgan fingerprint density at radius 1 is 1.36 bits per heavy atom. The van der Waals surface area contributed by atoms with Crippen LogP contribution in [0.2, 0.25) is 0 Å². The van der Waals surface area contributed by atoms with Crippen LogP contribution in [0.4, 0.5) is 20.3 Å². The lowest BCUT2D eigenvalue weighted by Gasteiger charge is -2.26. The van der Waals surface area contributed by atoms with E-state index in [2.05, 4.69) is 20.0 Å². The van der Waals surface area contributed by atoms with Crippen LogP contribution in [0.5, 0.6) is 0 Å². The third-order valence-corrected chi connectivity index (χ3v) is 5.79. The van der Waals surface area contributed by atoms with Crippen molar-refractivity contribution in [1.82, 2.24) is 4.98 Å². The lowest BCUT2D eigenvalue weighted by Crippen LogP contribution is -2.31. The van der Waals surface area contributed by atoms with Gasteiger partial charge in [0.2, 0.25) is 10.0 Å². The second kappa shape index (κ2) is 7.49. The van der Waals surface area contributed by atoms with Gasteiger partial charge in [-0.2, -0.15) is 0 Å². The van der Waals surface area contributed by atoms with Crippen LogP contribution in [-0.4, -0.2) is 37.7 Å². The van der Waals surface area contributed by atoms with Gasteiger partial charge in [-0.15, -0.1) is 0 Å². The number of benzene rings is 1. The number of ether oxygens (including phenoxy) is 1. The van der Waals surface area contributed by atoms with Crippen LogP contribution in [0, 0.1) is 11.6 Å². The molecule has 8 nitrogen and oxygen atoms in total. The van der Waals surface area contributed by atoms with Crippen LogP contribution in [0.15, 0.2) is 23.3 Å². The highest BCUT2D eigenvalue weighted by Gasteiger charge is 2.37. The number of sulfonamides is 1. The molecule has 0 radical (unpaired) electrons. The van der Waals surface area contributed by atoms with Crippen molar-refractivity contribution in [1.29, 1.82) is 0 Å². The van der Waals surface area contributed by atoms with Crippen molar-refractivity contribution < 1.29 is 27.0 Å². The van der Waals surface area contributed by atoms with Gasteiger partial charge in [-0.05, 0) is 24.1 Å². The monoisotopic (exact) mass is 414 g/mol. The predicted molar refractivity (Wildman–Crippen MR) is 101 cm³/mol. The van der Waals surface area contributed by atoms with E-state index >= 15 is 0 Å². The van der Waals surface area contributed by atoms with Crippen LogP contribution >= 0.6 is 0 Å². The lowest BCUT2D eigenvalue weighted by atomic mass is 9.99. The van der Waals surface area contributed by atoms with Gasteiger partial charge in [-0.1, -0.05) is 6.92 Å². The van der Waals surface area contributed by atoms with Crippen molar-refractivity contribution >= 4 is 27.9 Å². The van der Waals surface area contributed by atoms with E-state index in [1.807, 2.05) is 0 Å². The Hall–Kier alpha value is -2.50. The number of aromatic amines is 1. The average molecular weight is 414 g/mol. The Balaban J connectivity index is 1.99. The molecule has 0 amide bonds. The van der Waals surface area contributed by atoms with Crippen molar-refractivity contribution in [2.45, 2.75) is 25.7 Å². The summed E-state index contributed by atoms with van der Waals surface area (Å²) < 4.78 is 60.3. The maximum absolute atomic E-state index is 14.9. The summed E-state index contributed by atoms with van der Waals surface area (Å²) in [6, 6.07) is 2.02. The molecule has 4 N–H and O–H groups in total. The first-order valence-electron chi connectivity index (χ1n) is 8.46. The minimum absolute atomic E-state index is 0.186. The van der Waals surface area contributed by atoms with E-state index < -0.39 is 27.6 Å². The van der Waals surface area contributed by atoms with Crippen molar-refractivity contribution in [2.24, 2.45) is 4.99 Å². The molecule has 0 aliphatic carbocycles. The quantitative estimate of drug-likeness (QED) is 0.519. The first kappa shape index (κ1) is 20.2. The van der Waals surface area contributed by atoms with Crippen molar-refractivity contribution in [3.8, 4) is 0 Å². The van der Waals surface area contributed by atoms with E-state index in [0.717, 1.165) is 12.1 Å². The molecular formula is C17H20F2N4O4S. The van der Waals surface area contributed by atoms with E-state index in [9.17, 15) is 22.3 Å². The summed E-state index contributed by atoms with van der Waals surface area (Å²) >= 11 is 0. The predicted octanol–water partition coefficient (Wildman–Crippen LogP) is 2.24. The first-order chi connectivity index (χ1) is 13.2. The van der Waals surface area contributed by atoms with Gasteiger partial charge in [0, 0.05) is 25.3 Å². The van der Waals surface area contributed by atoms with Gasteiger partial charge in [-0.25, -0.2) is 22.2 Å². The van der Waals surface area contributed by atoms with Crippen LogP contribution in [0.25, 0.3) is 0 Å². The highest BCUT2D eigenvalue weighted by Crippen LogP contribution is 2.37. The molecule has 28 heavy (non-hydrogen) atoms. The molecular weight excluding hydrogens is 394 g/mol. The number of fused-ring (bicyclic) bond motifs is 1. The minimum atomic E-state index is -3.74. The molecule has 2 aromatic rings. The van der Waals surface area contributed by atoms with E-state index in [1.54, 1.807) is 6.92 Å². The standard InChI is InChI=1S/C17H20F2N4O4S/c1-3-6-28(25,26)23-13-5-4-12(18)11(15(13)19)7-10-8-20-16-14(10)17(24,27-2)22-9-21-16/h4-5,8-9,20,23-24H,3,6-7H2,1-2H3,(H,21,22). The Labute approximate surface area is 160 Å². The average Bonchev–Trinajstić information content (AvgIpc) is 3.05. The third kappa shape index (κ3) is 3.73. The molecule has 3 rings (SSSR count). The molecule has 1 unspecified atom stereocenters. The second-order valence-corrected chi connectivity index (χ2v) is 8.11. The topological polar surface area (TPSA) is 116 Å². The zero-order chi connectivity index (χ0) is 20.5. The zero-order valence-electron chi connectivity index (χ0n) is 15.2. The van der Waals surface area contributed by atoms with Crippen LogP contribution < -0.4 is 10.0 Å². The van der Waals surface area contributed by atoms with E-state index in [1.165, 1.54) is 19.6 Å². The molecule has 0 saturated heterocycles. The Morgan fingerprint density at radius 3 is 2.79 bits per heavy atom. The number of methoxy groups -OCH3 is 1. The summed E-state index contributed by atoms with van der Waals surface area (Å²) in [6.07, 6.45) is 2.78. The molecule has 0 spiro atoms. The highest BCUT2D eigenvalue weighted by molar-refractivity contribution is 7.92.